The number of carbonyl (C=O) groups is 2. The number of amides is 2. The van der Waals surface area contributed by atoms with Crippen molar-refractivity contribution in [3.63, 3.8) is 0 Å². The standard InChI is InChI=1S/C17H15N3O7S/c1-27-15-7-4-12(20(23)24)10-14(15)18-28(25,26)13-5-2-11(3-6-13)19-16(21)8-9-17(19)22/h2-7,10,18H,8-9H2,1H3. The molecule has 0 saturated carbocycles. The zero-order valence-electron chi connectivity index (χ0n) is 14.6. The van der Waals surface area contributed by atoms with Gasteiger partial charge in [0.15, 0.2) is 0 Å². The molecule has 1 heterocycles. The van der Waals surface area contributed by atoms with E-state index in [0.29, 0.717) is 0 Å². The van der Waals surface area contributed by atoms with Gasteiger partial charge in [0.05, 0.1) is 28.3 Å². The highest BCUT2D eigenvalue weighted by Crippen LogP contribution is 2.31. The molecule has 11 heteroatoms. The maximum atomic E-state index is 12.6. The van der Waals surface area contributed by atoms with Crippen LogP contribution in [0.15, 0.2) is 47.4 Å². The van der Waals surface area contributed by atoms with Crippen LogP contribution in [0.5, 0.6) is 5.75 Å². The lowest BCUT2D eigenvalue weighted by molar-refractivity contribution is -0.384. The summed E-state index contributed by atoms with van der Waals surface area (Å²) in [4.78, 5) is 34.7. The summed E-state index contributed by atoms with van der Waals surface area (Å²) in [6, 6.07) is 8.69. The molecule has 1 saturated heterocycles. The molecule has 3 rings (SSSR count). The van der Waals surface area contributed by atoms with Crippen molar-refractivity contribution >= 4 is 38.9 Å². The Morgan fingerprint density at radius 2 is 1.68 bits per heavy atom. The number of imide groups is 1. The van der Waals surface area contributed by atoms with Crippen LogP contribution in [-0.2, 0) is 19.6 Å². The lowest BCUT2D eigenvalue weighted by atomic mass is 10.2. The maximum absolute atomic E-state index is 12.6. The summed E-state index contributed by atoms with van der Waals surface area (Å²) in [6.07, 6.45) is 0.236. The topological polar surface area (TPSA) is 136 Å². The Morgan fingerprint density at radius 3 is 2.21 bits per heavy atom. The van der Waals surface area contributed by atoms with Crippen molar-refractivity contribution in [3.05, 3.63) is 52.6 Å². The van der Waals surface area contributed by atoms with Gasteiger partial charge in [0.1, 0.15) is 5.75 Å². The largest absolute Gasteiger partial charge is 0.495 e. The molecule has 0 aromatic heterocycles. The highest BCUT2D eigenvalue weighted by atomic mass is 32.2. The number of nitro groups is 1. The molecule has 10 nitrogen and oxygen atoms in total. The molecule has 28 heavy (non-hydrogen) atoms. The van der Waals surface area contributed by atoms with Crippen LogP contribution in [0.2, 0.25) is 0 Å². The number of sulfonamides is 1. The number of anilines is 2. The van der Waals surface area contributed by atoms with E-state index in [2.05, 4.69) is 4.72 Å². The van der Waals surface area contributed by atoms with Crippen molar-refractivity contribution in [1.82, 2.24) is 0 Å². The van der Waals surface area contributed by atoms with E-state index in [1.165, 1.54) is 43.5 Å². The van der Waals surface area contributed by atoms with Gasteiger partial charge in [0, 0.05) is 25.0 Å². The van der Waals surface area contributed by atoms with E-state index in [0.717, 1.165) is 11.0 Å². The van der Waals surface area contributed by atoms with Gasteiger partial charge >= 0.3 is 0 Å². The fourth-order valence-corrected chi connectivity index (χ4v) is 3.79. The predicted molar refractivity (Wildman–Crippen MR) is 98.6 cm³/mol. The second-order valence-electron chi connectivity index (χ2n) is 5.86. The molecular weight excluding hydrogens is 390 g/mol. The van der Waals surface area contributed by atoms with E-state index in [4.69, 9.17) is 4.74 Å². The van der Waals surface area contributed by atoms with Crippen molar-refractivity contribution in [1.29, 1.82) is 0 Å². The predicted octanol–water partition coefficient (Wildman–Crippen LogP) is 2.06. The Morgan fingerprint density at radius 1 is 1.07 bits per heavy atom. The second-order valence-corrected chi connectivity index (χ2v) is 7.55. The molecule has 1 aliphatic heterocycles. The SMILES string of the molecule is COc1ccc([N+](=O)[O-])cc1NS(=O)(=O)c1ccc(N2C(=O)CCC2=O)cc1. The van der Waals surface area contributed by atoms with Crippen molar-refractivity contribution in [2.75, 3.05) is 16.7 Å². The number of nitrogens with one attached hydrogen (secondary N) is 1. The number of rotatable bonds is 6. The molecule has 0 radical (unpaired) electrons. The molecule has 0 bridgehead atoms. The van der Waals surface area contributed by atoms with Gasteiger partial charge in [-0.2, -0.15) is 0 Å². The van der Waals surface area contributed by atoms with Crippen LogP contribution >= 0.6 is 0 Å². The summed E-state index contributed by atoms with van der Waals surface area (Å²) in [5, 5.41) is 10.9. The van der Waals surface area contributed by atoms with Crippen LogP contribution in [0.3, 0.4) is 0 Å². The number of carbonyl (C=O) groups excluding carboxylic acids is 2. The summed E-state index contributed by atoms with van der Waals surface area (Å²) in [5.41, 5.74) is -0.120. The third-order valence-electron chi connectivity index (χ3n) is 4.09. The first-order chi connectivity index (χ1) is 13.2. The molecule has 1 fully saturated rings. The third-order valence-corrected chi connectivity index (χ3v) is 5.48. The number of non-ortho nitro benzene ring substituents is 1. The Balaban J connectivity index is 1.89. The van der Waals surface area contributed by atoms with Crippen molar-refractivity contribution < 1.29 is 27.7 Å². The summed E-state index contributed by atoms with van der Waals surface area (Å²) in [6.45, 7) is 0. The van der Waals surface area contributed by atoms with E-state index >= 15 is 0 Å². The van der Waals surface area contributed by atoms with Crippen LogP contribution in [-0.4, -0.2) is 32.3 Å². The van der Waals surface area contributed by atoms with E-state index in [1.807, 2.05) is 0 Å². The first-order valence-electron chi connectivity index (χ1n) is 8.04. The zero-order valence-corrected chi connectivity index (χ0v) is 15.4. The summed E-state index contributed by atoms with van der Waals surface area (Å²) < 4.78 is 32.5. The minimum atomic E-state index is -4.10. The summed E-state index contributed by atoms with van der Waals surface area (Å²) >= 11 is 0. The first-order valence-corrected chi connectivity index (χ1v) is 9.52. The number of hydrogen-bond acceptors (Lipinski definition) is 7. The first kappa shape index (κ1) is 19.3. The minimum Gasteiger partial charge on any atom is -0.495 e. The van der Waals surface area contributed by atoms with Gasteiger partial charge in [-0.3, -0.25) is 29.3 Å². The number of benzene rings is 2. The second kappa shape index (κ2) is 7.27. The zero-order chi connectivity index (χ0) is 20.5. The molecule has 2 aromatic rings. The summed E-state index contributed by atoms with van der Waals surface area (Å²) in [5.74, 6) is -0.584. The molecule has 146 valence electrons. The van der Waals surface area contributed by atoms with Gasteiger partial charge < -0.3 is 4.74 Å². The molecule has 2 aromatic carbocycles. The molecule has 0 atom stereocenters. The number of methoxy groups -OCH3 is 1. The Labute approximate surface area is 159 Å². The Hall–Kier alpha value is -3.47. The molecule has 0 unspecified atom stereocenters. The fraction of sp³-hybridized carbons (Fsp3) is 0.176. The van der Waals surface area contributed by atoms with Crippen LogP contribution in [0, 0.1) is 10.1 Å². The van der Waals surface area contributed by atoms with Gasteiger partial charge in [0.2, 0.25) is 11.8 Å². The van der Waals surface area contributed by atoms with Crippen LogP contribution < -0.4 is 14.4 Å². The van der Waals surface area contributed by atoms with Crippen molar-refractivity contribution in [2.24, 2.45) is 0 Å². The maximum Gasteiger partial charge on any atom is 0.271 e. The lowest BCUT2D eigenvalue weighted by Crippen LogP contribution is -2.28. The Bertz CT molecular complexity index is 1050. The van der Waals surface area contributed by atoms with Gasteiger partial charge in [-0.15, -0.1) is 0 Å². The van der Waals surface area contributed by atoms with E-state index in [9.17, 15) is 28.1 Å². The highest BCUT2D eigenvalue weighted by molar-refractivity contribution is 7.92. The normalized spacial score (nSPS) is 14.2. The highest BCUT2D eigenvalue weighted by Gasteiger charge is 2.30. The lowest BCUT2D eigenvalue weighted by Gasteiger charge is -2.15. The average molecular weight is 405 g/mol. The van der Waals surface area contributed by atoms with Gasteiger partial charge in [-0.05, 0) is 30.3 Å². The van der Waals surface area contributed by atoms with Gasteiger partial charge in [-0.1, -0.05) is 0 Å². The van der Waals surface area contributed by atoms with Crippen molar-refractivity contribution in [2.45, 2.75) is 17.7 Å². The van der Waals surface area contributed by atoms with Gasteiger partial charge in [0.25, 0.3) is 15.7 Å². The van der Waals surface area contributed by atoms with Crippen molar-refractivity contribution in [3.8, 4) is 5.75 Å². The van der Waals surface area contributed by atoms with E-state index in [1.54, 1.807) is 0 Å². The fourth-order valence-electron chi connectivity index (χ4n) is 2.73. The van der Waals surface area contributed by atoms with Crippen LogP contribution in [0.4, 0.5) is 17.1 Å². The smallest absolute Gasteiger partial charge is 0.271 e. The number of nitrogens with zero attached hydrogens (tertiary/aromatic N) is 2. The third kappa shape index (κ3) is 3.64. The van der Waals surface area contributed by atoms with Crippen LogP contribution in [0.1, 0.15) is 12.8 Å². The monoisotopic (exact) mass is 405 g/mol. The van der Waals surface area contributed by atoms with Gasteiger partial charge in [-0.25, -0.2) is 8.42 Å². The molecule has 2 amide bonds. The molecule has 0 spiro atoms. The molecule has 1 aliphatic rings. The number of hydrogen-bond donors (Lipinski definition) is 1. The quantitative estimate of drug-likeness (QED) is 0.441. The number of nitro benzene ring substituents is 1. The molecule has 0 aliphatic carbocycles. The average Bonchev–Trinajstić information content (AvgIpc) is 2.99. The number of ether oxygens (including phenoxy) is 1. The molecular formula is C17H15N3O7S. The molecule has 1 N–H and O–H groups in total. The minimum absolute atomic E-state index is 0.0920. The van der Waals surface area contributed by atoms with E-state index in [-0.39, 0.29) is 52.4 Å². The van der Waals surface area contributed by atoms with E-state index < -0.39 is 14.9 Å². The Kier molecular flexibility index (Phi) is 5.01. The summed E-state index contributed by atoms with van der Waals surface area (Å²) in [7, 11) is -2.79. The van der Waals surface area contributed by atoms with Crippen LogP contribution in [0.25, 0.3) is 0 Å².